The van der Waals surface area contributed by atoms with Crippen molar-refractivity contribution < 1.29 is 18.7 Å². The van der Waals surface area contributed by atoms with E-state index in [1.54, 1.807) is 13.2 Å². The second-order valence-corrected chi connectivity index (χ2v) is 6.95. The van der Waals surface area contributed by atoms with E-state index < -0.39 is 0 Å². The molecule has 1 aromatic rings. The Morgan fingerprint density at radius 3 is 2.77 bits per heavy atom. The Kier molecular flexibility index (Phi) is 6.82. The summed E-state index contributed by atoms with van der Waals surface area (Å²) in [4.78, 5) is 16.5. The first kappa shape index (κ1) is 19.1. The van der Waals surface area contributed by atoms with E-state index in [9.17, 15) is 9.18 Å². The molecule has 2 saturated heterocycles. The minimum atomic E-state index is -0.248. The van der Waals surface area contributed by atoms with Crippen molar-refractivity contribution in [1.29, 1.82) is 0 Å². The molecular weight excluding hydrogens is 337 g/mol. The summed E-state index contributed by atoms with van der Waals surface area (Å²) in [5.41, 5.74) is 0.857. The molecule has 26 heavy (non-hydrogen) atoms. The van der Waals surface area contributed by atoms with Crippen LogP contribution in [0.1, 0.15) is 18.4 Å². The number of rotatable bonds is 7. The molecule has 2 heterocycles. The van der Waals surface area contributed by atoms with Crippen LogP contribution < -0.4 is 10.1 Å². The van der Waals surface area contributed by atoms with Gasteiger partial charge in [0.2, 0.25) is 5.91 Å². The van der Waals surface area contributed by atoms with Gasteiger partial charge in [0.15, 0.2) is 0 Å². The Balaban J connectivity index is 1.40. The fourth-order valence-electron chi connectivity index (χ4n) is 3.51. The number of methoxy groups -OCH3 is 1. The van der Waals surface area contributed by atoms with E-state index >= 15 is 0 Å². The first-order chi connectivity index (χ1) is 12.6. The van der Waals surface area contributed by atoms with Gasteiger partial charge in [0.25, 0.3) is 0 Å². The molecule has 0 bridgehead atoms. The lowest BCUT2D eigenvalue weighted by molar-refractivity contribution is -0.123. The predicted molar refractivity (Wildman–Crippen MR) is 96.7 cm³/mol. The van der Waals surface area contributed by atoms with Crippen LogP contribution in [0, 0.1) is 5.82 Å². The van der Waals surface area contributed by atoms with E-state index in [0.29, 0.717) is 25.4 Å². The largest absolute Gasteiger partial charge is 0.496 e. The van der Waals surface area contributed by atoms with Crippen LogP contribution in [0.5, 0.6) is 5.75 Å². The third-order valence-electron chi connectivity index (χ3n) is 5.02. The maximum atomic E-state index is 13.5. The summed E-state index contributed by atoms with van der Waals surface area (Å²) in [6.07, 6.45) is 2.29. The molecule has 3 rings (SSSR count). The van der Waals surface area contributed by atoms with Crippen molar-refractivity contribution >= 4 is 5.91 Å². The maximum absolute atomic E-state index is 13.5. The second-order valence-electron chi connectivity index (χ2n) is 6.95. The molecule has 1 N–H and O–H groups in total. The molecule has 1 atom stereocenters. The number of amides is 1. The van der Waals surface area contributed by atoms with E-state index in [-0.39, 0.29) is 17.8 Å². The molecule has 0 saturated carbocycles. The Morgan fingerprint density at radius 1 is 1.31 bits per heavy atom. The van der Waals surface area contributed by atoms with Crippen LogP contribution in [0.15, 0.2) is 18.2 Å². The summed E-state index contributed by atoms with van der Waals surface area (Å²) in [7, 11) is 1.60. The number of carbonyl (C=O) groups is 1. The molecule has 2 aliphatic rings. The topological polar surface area (TPSA) is 54.0 Å². The zero-order chi connectivity index (χ0) is 18.4. The van der Waals surface area contributed by atoms with Gasteiger partial charge in [0.05, 0.1) is 19.8 Å². The average molecular weight is 365 g/mol. The highest BCUT2D eigenvalue weighted by atomic mass is 19.1. The number of hydrogen-bond acceptors (Lipinski definition) is 5. The summed E-state index contributed by atoms with van der Waals surface area (Å²) >= 11 is 0. The molecule has 6 nitrogen and oxygen atoms in total. The van der Waals surface area contributed by atoms with Gasteiger partial charge in [-0.3, -0.25) is 14.6 Å². The third-order valence-corrected chi connectivity index (χ3v) is 5.02. The fraction of sp³-hybridized carbons (Fsp3) is 0.632. The van der Waals surface area contributed by atoms with Crippen LogP contribution in [0.25, 0.3) is 0 Å². The Labute approximate surface area is 154 Å². The third kappa shape index (κ3) is 5.40. The molecular formula is C19H28FN3O3. The Hall–Kier alpha value is -1.70. The Morgan fingerprint density at radius 2 is 2.08 bits per heavy atom. The molecule has 0 radical (unpaired) electrons. The van der Waals surface area contributed by atoms with E-state index in [1.807, 2.05) is 0 Å². The average Bonchev–Trinajstić information content (AvgIpc) is 3.15. The maximum Gasteiger partial charge on any atom is 0.234 e. The number of ether oxygens (including phenoxy) is 2. The van der Waals surface area contributed by atoms with Crippen LogP contribution in [-0.4, -0.2) is 74.8 Å². The van der Waals surface area contributed by atoms with Gasteiger partial charge >= 0.3 is 0 Å². The van der Waals surface area contributed by atoms with Crippen molar-refractivity contribution in [2.24, 2.45) is 0 Å². The first-order valence-electron chi connectivity index (χ1n) is 9.29. The highest BCUT2D eigenvalue weighted by molar-refractivity contribution is 5.78. The summed E-state index contributed by atoms with van der Waals surface area (Å²) in [5, 5.41) is 2.97. The van der Waals surface area contributed by atoms with Crippen molar-refractivity contribution in [2.45, 2.75) is 25.5 Å². The molecule has 1 aromatic carbocycles. The minimum Gasteiger partial charge on any atom is -0.496 e. The normalized spacial score (nSPS) is 21.7. The molecule has 7 heteroatoms. The minimum absolute atomic E-state index is 0.0562. The van der Waals surface area contributed by atoms with Crippen LogP contribution in [-0.2, 0) is 16.1 Å². The number of nitrogens with zero attached hydrogens (tertiary/aromatic N) is 2. The van der Waals surface area contributed by atoms with Crippen molar-refractivity contribution in [3.8, 4) is 5.75 Å². The highest BCUT2D eigenvalue weighted by Gasteiger charge is 2.21. The lowest BCUT2D eigenvalue weighted by Gasteiger charge is -2.34. The second kappa shape index (κ2) is 9.30. The van der Waals surface area contributed by atoms with Gasteiger partial charge in [-0.2, -0.15) is 0 Å². The zero-order valence-corrected chi connectivity index (χ0v) is 15.4. The van der Waals surface area contributed by atoms with Crippen molar-refractivity contribution in [3.05, 3.63) is 29.6 Å². The number of carbonyl (C=O) groups excluding carboxylic acids is 1. The molecule has 2 fully saturated rings. The zero-order valence-electron chi connectivity index (χ0n) is 15.4. The summed E-state index contributed by atoms with van der Waals surface area (Å²) < 4.78 is 24.3. The smallest absolute Gasteiger partial charge is 0.234 e. The quantitative estimate of drug-likeness (QED) is 0.788. The van der Waals surface area contributed by atoms with Crippen LogP contribution in [0.2, 0.25) is 0 Å². The van der Waals surface area contributed by atoms with Crippen molar-refractivity contribution in [3.63, 3.8) is 0 Å². The molecule has 0 spiro atoms. The van der Waals surface area contributed by atoms with Crippen LogP contribution in [0.3, 0.4) is 0 Å². The van der Waals surface area contributed by atoms with Gasteiger partial charge in [-0.15, -0.1) is 0 Å². The molecule has 0 unspecified atom stereocenters. The molecule has 1 amide bonds. The van der Waals surface area contributed by atoms with Gasteiger partial charge < -0.3 is 14.8 Å². The molecule has 0 aliphatic carbocycles. The monoisotopic (exact) mass is 365 g/mol. The summed E-state index contributed by atoms with van der Waals surface area (Å²) in [6.45, 7) is 5.83. The SMILES string of the molecule is COc1ccc(F)cc1CN1CCN(CC(=O)NC[C@H]2CCCO2)CC1. The summed E-state index contributed by atoms with van der Waals surface area (Å²) in [5.74, 6) is 0.519. The van der Waals surface area contributed by atoms with Gasteiger partial charge in [-0.05, 0) is 31.0 Å². The number of piperazine rings is 1. The first-order valence-corrected chi connectivity index (χ1v) is 9.29. The van der Waals surface area contributed by atoms with Crippen molar-refractivity contribution in [1.82, 2.24) is 15.1 Å². The van der Waals surface area contributed by atoms with E-state index in [2.05, 4.69) is 15.1 Å². The van der Waals surface area contributed by atoms with E-state index in [1.165, 1.54) is 12.1 Å². The molecule has 2 aliphatic heterocycles. The number of hydrogen-bond donors (Lipinski definition) is 1. The number of nitrogens with one attached hydrogen (secondary N) is 1. The number of halogens is 1. The number of benzene rings is 1. The van der Waals surface area contributed by atoms with Crippen LogP contribution in [0.4, 0.5) is 4.39 Å². The lowest BCUT2D eigenvalue weighted by Crippen LogP contribution is -2.49. The highest BCUT2D eigenvalue weighted by Crippen LogP contribution is 2.21. The van der Waals surface area contributed by atoms with Crippen LogP contribution >= 0.6 is 0 Å². The van der Waals surface area contributed by atoms with E-state index in [4.69, 9.17) is 9.47 Å². The predicted octanol–water partition coefficient (Wildman–Crippen LogP) is 1.25. The standard InChI is InChI=1S/C19H28FN3O3/c1-25-18-5-4-16(20)11-15(18)13-22-6-8-23(9-7-22)14-19(24)21-12-17-3-2-10-26-17/h4-5,11,17H,2-3,6-10,12-14H2,1H3,(H,21,24)/t17-/m1/s1. The van der Waals surface area contributed by atoms with E-state index in [0.717, 1.165) is 51.2 Å². The fourth-order valence-corrected chi connectivity index (χ4v) is 3.51. The Bertz CT molecular complexity index is 600. The molecule has 144 valence electrons. The van der Waals surface area contributed by atoms with Gasteiger partial charge in [-0.25, -0.2) is 4.39 Å². The lowest BCUT2D eigenvalue weighted by atomic mass is 10.1. The summed E-state index contributed by atoms with van der Waals surface area (Å²) in [6, 6.07) is 4.61. The van der Waals surface area contributed by atoms with Crippen molar-refractivity contribution in [2.75, 3.05) is 53.0 Å². The van der Waals surface area contributed by atoms with Gasteiger partial charge in [-0.1, -0.05) is 0 Å². The van der Waals surface area contributed by atoms with Gasteiger partial charge in [0, 0.05) is 51.4 Å². The molecule has 0 aromatic heterocycles. The van der Waals surface area contributed by atoms with Gasteiger partial charge in [0.1, 0.15) is 11.6 Å².